The van der Waals surface area contributed by atoms with Gasteiger partial charge in [-0.3, -0.25) is 0 Å². The second-order valence-corrected chi connectivity index (χ2v) is 4.27. The molecule has 2 rings (SSSR count). The van der Waals surface area contributed by atoms with Gasteiger partial charge >= 0.3 is 0 Å². The largest absolute Gasteiger partial charge is 0.496 e. The van der Waals surface area contributed by atoms with Crippen molar-refractivity contribution in [3.8, 4) is 5.75 Å². The Morgan fingerprint density at radius 3 is 2.78 bits per heavy atom. The highest BCUT2D eigenvalue weighted by Gasteiger charge is 2.27. The van der Waals surface area contributed by atoms with Crippen molar-refractivity contribution in [3.63, 3.8) is 0 Å². The molecule has 1 aromatic carbocycles. The number of aliphatic hydroxyl groups is 1. The fourth-order valence-corrected chi connectivity index (χ4v) is 1.95. The molecule has 0 bridgehead atoms. The number of fused-ring (bicyclic) bond motifs is 1. The van der Waals surface area contributed by atoms with Gasteiger partial charge in [0.1, 0.15) is 17.5 Å². The average Bonchev–Trinajstić information content (AvgIpc) is 2.44. The monoisotopic (exact) mass is 250 g/mol. The molecule has 0 spiro atoms. The maximum absolute atomic E-state index is 9.22. The first-order chi connectivity index (χ1) is 8.71. The van der Waals surface area contributed by atoms with Gasteiger partial charge in [0.25, 0.3) is 0 Å². The van der Waals surface area contributed by atoms with Crippen LogP contribution in [0.15, 0.2) is 23.2 Å². The summed E-state index contributed by atoms with van der Waals surface area (Å²) in [6, 6.07) is 5.72. The molecule has 1 aromatic rings. The van der Waals surface area contributed by atoms with Gasteiger partial charge in [-0.25, -0.2) is 4.99 Å². The van der Waals surface area contributed by atoms with Gasteiger partial charge in [-0.05, 0) is 12.1 Å². The van der Waals surface area contributed by atoms with Crippen molar-refractivity contribution < 1.29 is 14.6 Å². The fourth-order valence-electron chi connectivity index (χ4n) is 1.95. The second kappa shape index (κ2) is 5.27. The van der Waals surface area contributed by atoms with Gasteiger partial charge in [0.05, 0.1) is 19.9 Å². The number of nitrogens with one attached hydrogen (secondary N) is 1. The zero-order chi connectivity index (χ0) is 13.1. The van der Waals surface area contributed by atoms with Crippen LogP contribution in [-0.2, 0) is 4.74 Å². The van der Waals surface area contributed by atoms with Gasteiger partial charge in [-0.2, -0.15) is 0 Å². The van der Waals surface area contributed by atoms with Crippen LogP contribution >= 0.6 is 0 Å². The molecule has 0 aromatic heterocycles. The molecule has 5 nitrogen and oxygen atoms in total. The highest BCUT2D eigenvalue weighted by Crippen LogP contribution is 2.32. The van der Waals surface area contributed by atoms with E-state index >= 15 is 0 Å². The van der Waals surface area contributed by atoms with Gasteiger partial charge in [0, 0.05) is 12.5 Å². The standard InChI is InChI=1S/C13H18N2O3/c1-8(7-16)12-14-9-5-4-6-10(17-2)11(9)13(15-12)18-3/h4-6,8,12,14,16H,7H2,1-3H3. The lowest BCUT2D eigenvalue weighted by Crippen LogP contribution is -2.33. The van der Waals surface area contributed by atoms with E-state index in [0.717, 1.165) is 17.0 Å². The predicted molar refractivity (Wildman–Crippen MR) is 70.2 cm³/mol. The first kappa shape index (κ1) is 12.7. The Hall–Kier alpha value is -1.75. The smallest absolute Gasteiger partial charge is 0.223 e. The molecule has 0 amide bonds. The molecular weight excluding hydrogens is 232 g/mol. The maximum atomic E-state index is 9.22. The van der Waals surface area contributed by atoms with Crippen LogP contribution in [0.3, 0.4) is 0 Å². The SMILES string of the molecule is COC1=NC(C(C)CO)Nc2cccc(OC)c21. The highest BCUT2D eigenvalue weighted by atomic mass is 16.5. The molecule has 0 saturated carbocycles. The number of aliphatic imine (C=N–C) groups is 1. The van der Waals surface area contributed by atoms with Gasteiger partial charge in [0.15, 0.2) is 0 Å². The molecule has 18 heavy (non-hydrogen) atoms. The summed E-state index contributed by atoms with van der Waals surface area (Å²) in [4.78, 5) is 4.46. The Morgan fingerprint density at radius 1 is 1.39 bits per heavy atom. The Bertz CT molecular complexity index is 460. The summed E-state index contributed by atoms with van der Waals surface area (Å²) in [5.74, 6) is 1.26. The summed E-state index contributed by atoms with van der Waals surface area (Å²) in [6.07, 6.45) is -0.190. The minimum absolute atomic E-state index is 0.00880. The molecule has 0 saturated heterocycles. The summed E-state index contributed by atoms with van der Waals surface area (Å²) in [6.45, 7) is 2.00. The predicted octanol–water partition coefficient (Wildman–Crippen LogP) is 1.47. The van der Waals surface area contributed by atoms with Gasteiger partial charge in [-0.15, -0.1) is 0 Å². The van der Waals surface area contributed by atoms with Crippen LogP contribution in [0.1, 0.15) is 12.5 Å². The molecule has 5 heteroatoms. The molecule has 1 heterocycles. The molecule has 0 aliphatic carbocycles. The van der Waals surface area contributed by atoms with Crippen LogP contribution in [0, 0.1) is 5.92 Å². The van der Waals surface area contributed by atoms with Crippen molar-refractivity contribution in [3.05, 3.63) is 23.8 Å². The van der Waals surface area contributed by atoms with Crippen LogP contribution in [-0.4, -0.2) is 38.0 Å². The van der Waals surface area contributed by atoms with E-state index < -0.39 is 0 Å². The number of hydrogen-bond donors (Lipinski definition) is 2. The Kier molecular flexibility index (Phi) is 3.72. The normalized spacial score (nSPS) is 19.3. The van der Waals surface area contributed by atoms with Gasteiger partial charge in [0.2, 0.25) is 5.90 Å². The van der Waals surface area contributed by atoms with Crippen LogP contribution in [0.4, 0.5) is 5.69 Å². The van der Waals surface area contributed by atoms with E-state index in [4.69, 9.17) is 9.47 Å². The minimum atomic E-state index is -0.190. The van der Waals surface area contributed by atoms with Crippen molar-refractivity contribution in [1.82, 2.24) is 0 Å². The fraction of sp³-hybridized carbons (Fsp3) is 0.462. The topological polar surface area (TPSA) is 63.1 Å². The summed E-state index contributed by atoms with van der Waals surface area (Å²) in [5, 5.41) is 12.5. The lowest BCUT2D eigenvalue weighted by atomic mass is 10.0. The molecule has 0 fully saturated rings. The third-order valence-electron chi connectivity index (χ3n) is 3.04. The van der Waals surface area contributed by atoms with Gasteiger partial charge in [-0.1, -0.05) is 13.0 Å². The van der Waals surface area contributed by atoms with Crippen LogP contribution in [0.5, 0.6) is 5.75 Å². The quantitative estimate of drug-likeness (QED) is 0.852. The second-order valence-electron chi connectivity index (χ2n) is 4.27. The number of nitrogens with zero attached hydrogens (tertiary/aromatic N) is 1. The summed E-state index contributed by atoms with van der Waals surface area (Å²) in [7, 11) is 3.20. The van der Waals surface area contributed by atoms with E-state index in [2.05, 4.69) is 10.3 Å². The van der Waals surface area contributed by atoms with E-state index in [0.29, 0.717) is 5.90 Å². The zero-order valence-corrected chi connectivity index (χ0v) is 10.8. The van der Waals surface area contributed by atoms with E-state index in [1.165, 1.54) is 0 Å². The Labute approximate surface area is 106 Å². The van der Waals surface area contributed by atoms with Crippen LogP contribution in [0.25, 0.3) is 0 Å². The first-order valence-corrected chi connectivity index (χ1v) is 5.87. The molecule has 98 valence electrons. The lowest BCUT2D eigenvalue weighted by molar-refractivity contribution is 0.222. The van der Waals surface area contributed by atoms with E-state index in [-0.39, 0.29) is 18.7 Å². The van der Waals surface area contributed by atoms with Crippen molar-refractivity contribution in [2.45, 2.75) is 13.1 Å². The summed E-state index contributed by atoms with van der Waals surface area (Å²) >= 11 is 0. The highest BCUT2D eigenvalue weighted by molar-refractivity contribution is 6.03. The van der Waals surface area contributed by atoms with E-state index in [9.17, 15) is 5.11 Å². The molecule has 0 radical (unpaired) electrons. The first-order valence-electron chi connectivity index (χ1n) is 5.87. The third kappa shape index (κ3) is 2.13. The van der Waals surface area contributed by atoms with Crippen molar-refractivity contribution in [1.29, 1.82) is 0 Å². The van der Waals surface area contributed by atoms with E-state index in [1.807, 2.05) is 25.1 Å². The zero-order valence-electron chi connectivity index (χ0n) is 10.8. The molecule has 2 N–H and O–H groups in total. The summed E-state index contributed by atoms with van der Waals surface area (Å²) < 4.78 is 10.6. The number of hydrogen-bond acceptors (Lipinski definition) is 5. The summed E-state index contributed by atoms with van der Waals surface area (Å²) in [5.41, 5.74) is 1.73. The third-order valence-corrected chi connectivity index (χ3v) is 3.04. The Morgan fingerprint density at radius 2 is 2.17 bits per heavy atom. The molecular formula is C13H18N2O3. The van der Waals surface area contributed by atoms with Crippen molar-refractivity contribution >= 4 is 11.6 Å². The van der Waals surface area contributed by atoms with Crippen molar-refractivity contribution in [2.75, 3.05) is 26.1 Å². The lowest BCUT2D eigenvalue weighted by Gasteiger charge is -2.28. The molecule has 2 unspecified atom stereocenters. The number of rotatable bonds is 3. The number of aliphatic hydroxyl groups excluding tert-OH is 1. The van der Waals surface area contributed by atoms with E-state index in [1.54, 1.807) is 14.2 Å². The Balaban J connectivity index is 2.44. The maximum Gasteiger partial charge on any atom is 0.223 e. The number of methoxy groups -OCH3 is 2. The number of ether oxygens (including phenoxy) is 2. The molecule has 1 aliphatic heterocycles. The minimum Gasteiger partial charge on any atom is -0.496 e. The molecule has 2 atom stereocenters. The number of anilines is 1. The number of benzene rings is 1. The molecule has 1 aliphatic rings. The van der Waals surface area contributed by atoms with Crippen LogP contribution < -0.4 is 10.1 Å². The van der Waals surface area contributed by atoms with Gasteiger partial charge < -0.3 is 19.9 Å². The average molecular weight is 250 g/mol. The van der Waals surface area contributed by atoms with Crippen molar-refractivity contribution in [2.24, 2.45) is 10.9 Å². The van der Waals surface area contributed by atoms with Crippen LogP contribution in [0.2, 0.25) is 0 Å².